The van der Waals surface area contributed by atoms with Crippen molar-refractivity contribution in [3.05, 3.63) is 101 Å². The van der Waals surface area contributed by atoms with E-state index < -0.39 is 5.54 Å². The Morgan fingerprint density at radius 3 is 2.27 bits per heavy atom. The molecule has 1 heterocycles. The van der Waals surface area contributed by atoms with E-state index in [4.69, 9.17) is 0 Å². The van der Waals surface area contributed by atoms with E-state index in [0.29, 0.717) is 6.54 Å². The van der Waals surface area contributed by atoms with Crippen LogP contribution in [-0.2, 0) is 30.5 Å². The largest absolute Gasteiger partial charge is 0.354 e. The van der Waals surface area contributed by atoms with E-state index in [-0.39, 0.29) is 5.91 Å². The molecule has 0 radical (unpaired) electrons. The van der Waals surface area contributed by atoms with Crippen molar-refractivity contribution < 1.29 is 4.79 Å². The fraction of sp³-hybridized carbons (Fsp3) is 0.308. The number of rotatable bonds is 8. The lowest BCUT2D eigenvalue weighted by atomic mass is 9.91. The fourth-order valence-corrected chi connectivity index (χ4v) is 4.37. The van der Waals surface area contributed by atoms with Gasteiger partial charge in [-0.2, -0.15) is 0 Å². The summed E-state index contributed by atoms with van der Waals surface area (Å²) in [5.74, 6) is 0.116. The molecule has 0 atom stereocenters. The average molecular weight is 400 g/mol. The number of likely N-dealkylation sites (N-methyl/N-ethyl adjacent to an activating group) is 1. The van der Waals surface area contributed by atoms with Crippen molar-refractivity contribution in [3.8, 4) is 0 Å². The molecule has 0 bridgehead atoms. The minimum absolute atomic E-state index is 0.116. The molecule has 0 saturated heterocycles. The quantitative estimate of drug-likeness (QED) is 0.631. The maximum absolute atomic E-state index is 13.5. The number of benzene rings is 2. The first-order chi connectivity index (χ1) is 14.7. The molecule has 2 aromatic carbocycles. The van der Waals surface area contributed by atoms with Crippen LogP contribution in [0.1, 0.15) is 22.4 Å². The highest BCUT2D eigenvalue weighted by Gasteiger charge is 2.46. The standard InChI is InChI=1S/C26H29N3O/c1-29(18-15-21-9-3-2-4-10-21)26(19-22-11-5-6-12-23(22)20-26)25(30)28-17-14-24-13-7-8-16-27-24/h2-13,16H,14-15,17-20H2,1H3,(H,28,30). The van der Waals surface area contributed by atoms with Gasteiger partial charge in [-0.1, -0.05) is 60.7 Å². The second kappa shape index (κ2) is 9.23. The van der Waals surface area contributed by atoms with Crippen molar-refractivity contribution in [1.29, 1.82) is 0 Å². The van der Waals surface area contributed by atoms with Gasteiger partial charge in [-0.25, -0.2) is 0 Å². The highest BCUT2D eigenvalue weighted by molar-refractivity contribution is 5.88. The maximum atomic E-state index is 13.5. The molecule has 0 unspecified atom stereocenters. The predicted molar refractivity (Wildman–Crippen MR) is 120 cm³/mol. The van der Waals surface area contributed by atoms with Crippen LogP contribution in [0.25, 0.3) is 0 Å². The van der Waals surface area contributed by atoms with Crippen LogP contribution in [0, 0.1) is 0 Å². The van der Waals surface area contributed by atoms with Crippen LogP contribution in [0.2, 0.25) is 0 Å². The smallest absolute Gasteiger partial charge is 0.241 e. The molecular formula is C26H29N3O. The molecular weight excluding hydrogens is 370 g/mol. The Morgan fingerprint density at radius 2 is 1.60 bits per heavy atom. The van der Waals surface area contributed by atoms with Crippen LogP contribution in [0.3, 0.4) is 0 Å². The SMILES string of the molecule is CN(CCc1ccccc1)C1(C(=O)NCCc2ccccn2)Cc2ccccc2C1. The Morgan fingerprint density at radius 1 is 0.933 bits per heavy atom. The molecule has 1 aromatic heterocycles. The molecule has 0 aliphatic heterocycles. The summed E-state index contributed by atoms with van der Waals surface area (Å²) >= 11 is 0. The van der Waals surface area contributed by atoms with Crippen molar-refractivity contribution in [2.75, 3.05) is 20.1 Å². The lowest BCUT2D eigenvalue weighted by molar-refractivity contribution is -0.132. The highest BCUT2D eigenvalue weighted by Crippen LogP contribution is 2.34. The molecule has 0 spiro atoms. The first-order valence-electron chi connectivity index (χ1n) is 10.7. The van der Waals surface area contributed by atoms with E-state index in [2.05, 4.69) is 70.8 Å². The summed E-state index contributed by atoms with van der Waals surface area (Å²) in [7, 11) is 2.09. The number of nitrogens with one attached hydrogen (secondary N) is 1. The molecule has 30 heavy (non-hydrogen) atoms. The summed E-state index contributed by atoms with van der Waals surface area (Å²) in [4.78, 5) is 20.1. The minimum atomic E-state index is -0.539. The van der Waals surface area contributed by atoms with E-state index in [1.165, 1.54) is 16.7 Å². The van der Waals surface area contributed by atoms with Gasteiger partial charge in [0.05, 0.1) is 0 Å². The number of aromatic nitrogens is 1. The summed E-state index contributed by atoms with van der Waals surface area (Å²) in [6, 6.07) is 24.8. The number of hydrogen-bond acceptors (Lipinski definition) is 3. The third-order valence-corrected chi connectivity index (χ3v) is 6.21. The Hall–Kier alpha value is -2.98. The normalized spacial score (nSPS) is 14.5. The number of hydrogen-bond donors (Lipinski definition) is 1. The highest BCUT2D eigenvalue weighted by atomic mass is 16.2. The fourth-order valence-electron chi connectivity index (χ4n) is 4.37. The second-order valence-corrected chi connectivity index (χ2v) is 8.14. The number of nitrogens with zero attached hydrogens (tertiary/aromatic N) is 2. The zero-order valence-electron chi connectivity index (χ0n) is 17.6. The summed E-state index contributed by atoms with van der Waals surface area (Å²) in [5.41, 5.74) is 4.32. The zero-order valence-corrected chi connectivity index (χ0v) is 17.6. The summed E-state index contributed by atoms with van der Waals surface area (Å²) in [6.07, 6.45) is 4.97. The number of carbonyl (C=O) groups is 1. The van der Waals surface area contributed by atoms with E-state index in [1.807, 2.05) is 24.3 Å². The third kappa shape index (κ3) is 4.44. The lowest BCUT2D eigenvalue weighted by Gasteiger charge is -2.37. The van der Waals surface area contributed by atoms with Crippen molar-refractivity contribution in [3.63, 3.8) is 0 Å². The maximum Gasteiger partial charge on any atom is 0.241 e. The number of pyridine rings is 1. The molecule has 1 aliphatic carbocycles. The number of amides is 1. The molecule has 1 N–H and O–H groups in total. The van der Waals surface area contributed by atoms with E-state index in [0.717, 1.165) is 37.9 Å². The van der Waals surface area contributed by atoms with E-state index >= 15 is 0 Å². The van der Waals surface area contributed by atoms with Gasteiger partial charge in [-0.15, -0.1) is 0 Å². The predicted octanol–water partition coefficient (Wildman–Crippen LogP) is 3.45. The first-order valence-corrected chi connectivity index (χ1v) is 10.7. The monoisotopic (exact) mass is 399 g/mol. The first kappa shape index (κ1) is 20.3. The van der Waals surface area contributed by atoms with Crippen LogP contribution in [0.5, 0.6) is 0 Å². The van der Waals surface area contributed by atoms with Gasteiger partial charge < -0.3 is 5.32 Å². The molecule has 1 aliphatic rings. The van der Waals surface area contributed by atoms with Gasteiger partial charge >= 0.3 is 0 Å². The summed E-state index contributed by atoms with van der Waals surface area (Å²) in [5, 5.41) is 3.21. The van der Waals surface area contributed by atoms with Gasteiger partial charge in [0.15, 0.2) is 0 Å². The lowest BCUT2D eigenvalue weighted by Crippen LogP contribution is -2.59. The van der Waals surface area contributed by atoms with Crippen LogP contribution < -0.4 is 5.32 Å². The average Bonchev–Trinajstić information content (AvgIpc) is 3.20. The Bertz CT molecular complexity index is 947. The van der Waals surface area contributed by atoms with Gasteiger partial charge in [-0.3, -0.25) is 14.7 Å². The number of carbonyl (C=O) groups excluding carboxylic acids is 1. The zero-order chi connectivity index (χ0) is 20.8. The van der Waals surface area contributed by atoms with Gasteiger partial charge in [-0.05, 0) is 42.3 Å². The number of fused-ring (bicyclic) bond motifs is 1. The van der Waals surface area contributed by atoms with Gasteiger partial charge in [0, 0.05) is 44.2 Å². The Kier molecular flexibility index (Phi) is 6.24. The molecule has 154 valence electrons. The van der Waals surface area contributed by atoms with Crippen LogP contribution in [-0.4, -0.2) is 41.5 Å². The molecule has 1 amide bonds. The van der Waals surface area contributed by atoms with Crippen LogP contribution in [0.4, 0.5) is 0 Å². The Labute approximate surface area is 179 Å². The molecule has 0 saturated carbocycles. The second-order valence-electron chi connectivity index (χ2n) is 8.14. The Balaban J connectivity index is 1.47. The molecule has 4 rings (SSSR count). The minimum Gasteiger partial charge on any atom is -0.354 e. The van der Waals surface area contributed by atoms with Crippen molar-refractivity contribution in [2.45, 2.75) is 31.2 Å². The van der Waals surface area contributed by atoms with Crippen LogP contribution >= 0.6 is 0 Å². The topological polar surface area (TPSA) is 45.2 Å². The van der Waals surface area contributed by atoms with Crippen molar-refractivity contribution >= 4 is 5.91 Å². The van der Waals surface area contributed by atoms with E-state index in [9.17, 15) is 4.79 Å². The van der Waals surface area contributed by atoms with Crippen molar-refractivity contribution in [2.24, 2.45) is 0 Å². The van der Waals surface area contributed by atoms with Gasteiger partial charge in [0.2, 0.25) is 5.91 Å². The van der Waals surface area contributed by atoms with Crippen LogP contribution in [0.15, 0.2) is 79.0 Å². The third-order valence-electron chi connectivity index (χ3n) is 6.21. The summed E-state index contributed by atoms with van der Waals surface area (Å²) in [6.45, 7) is 1.44. The van der Waals surface area contributed by atoms with Gasteiger partial charge in [0.25, 0.3) is 0 Å². The van der Waals surface area contributed by atoms with E-state index in [1.54, 1.807) is 6.20 Å². The van der Waals surface area contributed by atoms with Crippen molar-refractivity contribution in [1.82, 2.24) is 15.2 Å². The molecule has 0 fully saturated rings. The molecule has 4 nitrogen and oxygen atoms in total. The molecule has 3 aromatic rings. The summed E-state index contributed by atoms with van der Waals surface area (Å²) < 4.78 is 0. The van der Waals surface area contributed by atoms with Gasteiger partial charge in [0.1, 0.15) is 5.54 Å². The molecule has 4 heteroatoms.